The molecule has 3 nitrogen and oxygen atoms in total. The average Bonchev–Trinajstić information content (AvgIpc) is 0.739. The smallest absolute Gasteiger partial charge is 0.0778 e. The highest BCUT2D eigenvalue weighted by Gasteiger charge is 2.35. The van der Waals surface area contributed by atoms with Crippen LogP contribution in [0.1, 0.15) is 84.6 Å². The van der Waals surface area contributed by atoms with Crippen LogP contribution in [0.5, 0.6) is 0 Å². The van der Waals surface area contributed by atoms with Gasteiger partial charge >= 0.3 is 0 Å². The van der Waals surface area contributed by atoms with E-state index in [-0.39, 0.29) is 11.8 Å². The van der Waals surface area contributed by atoms with Crippen molar-refractivity contribution >= 4 is 27.8 Å². The summed E-state index contributed by atoms with van der Waals surface area (Å²) in [6, 6.07) is 66.1. The molecular weight excluding hydrogens is 1200 g/mol. The molecule has 0 bridgehead atoms. The number of rotatable bonds is 30. The molecule has 2 atom stereocenters. The van der Waals surface area contributed by atoms with Crippen molar-refractivity contribution in [3.05, 3.63) is 416 Å². The summed E-state index contributed by atoms with van der Waals surface area (Å²) in [6.45, 7) is 18.3. The largest absolute Gasteiger partial charge is 0.405 e. The third-order valence-electron chi connectivity index (χ3n) is 17.3. The summed E-state index contributed by atoms with van der Waals surface area (Å²) in [6.07, 6.45) is 78.3. The van der Waals surface area contributed by atoms with E-state index in [9.17, 15) is 0 Å². The van der Waals surface area contributed by atoms with Gasteiger partial charge in [-0.25, -0.2) is 0 Å². The molecule has 2 unspecified atom stereocenters. The number of nitrogens with two attached hydrogens (primary N) is 1. The molecule has 2 aliphatic rings. The second kappa shape index (κ2) is 41.0. The van der Waals surface area contributed by atoms with Crippen LogP contribution in [0.3, 0.4) is 0 Å². The van der Waals surface area contributed by atoms with E-state index in [1.54, 1.807) is 6.20 Å². The van der Waals surface area contributed by atoms with Crippen LogP contribution in [-0.4, -0.2) is 0 Å². The Morgan fingerprint density at radius 1 is 0.616 bits per heavy atom. The van der Waals surface area contributed by atoms with Gasteiger partial charge in [0.25, 0.3) is 0 Å². The SMILES string of the molecule is C#C.C=C/C=C\C(=C1\C=CC=CC1)N(C1=C\C(C(/C=C\CC(C)C)=C\C=C/C=C/N)C(C/C=C\C=C/Cc2ccccc2)\C=C\C=C(C=C)/C(/C=C(/C/C=C\C=C/CCC)CCC)=C\1N(c1ccccc1-c1ccccc1)c1cccc2ccccc12)c1ccccc1-c1ccccc1. The van der Waals surface area contributed by atoms with Gasteiger partial charge in [-0.05, 0) is 132 Å². The van der Waals surface area contributed by atoms with Gasteiger partial charge < -0.3 is 15.5 Å². The minimum absolute atomic E-state index is 0.101. The van der Waals surface area contributed by atoms with Crippen molar-refractivity contribution in [3.8, 4) is 35.1 Å². The fraction of sp³-hybridized carbons (Fsp3) is 0.167. The second-order valence-electron chi connectivity index (χ2n) is 24.8. The van der Waals surface area contributed by atoms with Crippen LogP contribution in [0.2, 0.25) is 0 Å². The third-order valence-corrected chi connectivity index (χ3v) is 17.3. The molecule has 0 aliphatic heterocycles. The number of terminal acetylenes is 1. The standard InChI is InChI=1S/C94H97N3.C2H2/c1-7-11-13-14-15-24-50-76(45-9-3)72-88-77(10-4)60-43-62-82(55-27-17-16-23-47-75-48-25-18-26-49-75)87(81(56-34-22-41-71-95)61-42-46-74(5)6)73-93(96(89(67-12-8-2)83-58-32-21-33-59-83)90-68-39-37-65-84(90)78-51-28-19-29-52-78)94(88)97(92-70-44-63-80-57-35-36-64-86(80)92)91-69-40-38-66-85(91)79-53-30-20-31-54-79;1-2/h8,10,12-44,48-49,51-54,56-58,60-74,82,87H,2,4,7,9,11,45-47,50,55,59,95H2,1,3,5-6H3;1-2H/b14-13-,23-16-,24-15-,27-17-,34-22-,61-42-,62-43+,67-12-,71-41+,76-72+,77-60-,81-56-,89-83+,93-73-,94-88+;. The van der Waals surface area contributed by atoms with Crippen molar-refractivity contribution in [2.45, 2.75) is 85.5 Å². The molecule has 0 aromatic heterocycles. The lowest BCUT2D eigenvalue weighted by atomic mass is 9.80. The summed E-state index contributed by atoms with van der Waals surface area (Å²) in [5.74, 6) is 0.0472. The van der Waals surface area contributed by atoms with Gasteiger partial charge in [0.05, 0.1) is 28.5 Å². The molecule has 2 N–H and O–H groups in total. The Labute approximate surface area is 594 Å². The molecule has 7 aromatic carbocycles. The van der Waals surface area contributed by atoms with Gasteiger partial charge in [-0.1, -0.05) is 375 Å². The molecule has 9 rings (SSSR count). The number of hydrogen-bond donors (Lipinski definition) is 1. The number of hydrogen-bond acceptors (Lipinski definition) is 3. The number of para-hydroxylation sites is 2. The molecule has 7 aromatic rings. The predicted octanol–water partition coefficient (Wildman–Crippen LogP) is 26.0. The van der Waals surface area contributed by atoms with Crippen LogP contribution >= 0.6 is 0 Å². The highest BCUT2D eigenvalue weighted by atomic mass is 15.2. The molecule has 0 amide bonds. The molecule has 498 valence electrons. The molecule has 3 heteroatoms. The van der Waals surface area contributed by atoms with Gasteiger partial charge in [0.2, 0.25) is 0 Å². The van der Waals surface area contributed by atoms with Gasteiger partial charge in [0.15, 0.2) is 0 Å². The molecule has 0 radical (unpaired) electrons. The van der Waals surface area contributed by atoms with Crippen LogP contribution in [0.15, 0.2) is 410 Å². The van der Waals surface area contributed by atoms with Crippen molar-refractivity contribution in [1.29, 1.82) is 0 Å². The Morgan fingerprint density at radius 3 is 1.95 bits per heavy atom. The van der Waals surface area contributed by atoms with Crippen molar-refractivity contribution < 1.29 is 0 Å². The summed E-state index contributed by atoms with van der Waals surface area (Å²) >= 11 is 0. The monoisotopic (exact) mass is 1290 g/mol. The van der Waals surface area contributed by atoms with Gasteiger partial charge in [-0.2, -0.15) is 0 Å². The first-order valence-corrected chi connectivity index (χ1v) is 35.2. The Morgan fingerprint density at radius 2 is 1.26 bits per heavy atom. The first-order valence-electron chi connectivity index (χ1n) is 35.2. The first-order chi connectivity index (χ1) is 48.8. The lowest BCUT2D eigenvalue weighted by Gasteiger charge is -2.41. The normalized spacial score (nSPS) is 18.2. The molecule has 99 heavy (non-hydrogen) atoms. The van der Waals surface area contributed by atoms with E-state index in [4.69, 9.17) is 12.3 Å². The molecule has 0 spiro atoms. The van der Waals surface area contributed by atoms with Crippen LogP contribution in [-0.2, 0) is 6.42 Å². The van der Waals surface area contributed by atoms with Gasteiger partial charge in [-0.15, -0.1) is 12.8 Å². The molecule has 0 saturated heterocycles. The second-order valence-corrected chi connectivity index (χ2v) is 24.8. The topological polar surface area (TPSA) is 32.5 Å². The lowest BCUT2D eigenvalue weighted by molar-refractivity contribution is 0.544. The fourth-order valence-electron chi connectivity index (χ4n) is 12.5. The van der Waals surface area contributed by atoms with E-state index >= 15 is 0 Å². The number of anilines is 3. The number of unbranched alkanes of at least 4 members (excludes halogenated alkanes) is 1. The Balaban J connectivity index is 0.00000618. The van der Waals surface area contributed by atoms with E-state index in [1.807, 2.05) is 18.2 Å². The van der Waals surface area contributed by atoms with E-state index < -0.39 is 0 Å². The van der Waals surface area contributed by atoms with Crippen LogP contribution < -0.4 is 15.5 Å². The summed E-state index contributed by atoms with van der Waals surface area (Å²) in [5.41, 5.74) is 23.3. The third kappa shape index (κ3) is 21.2. The summed E-state index contributed by atoms with van der Waals surface area (Å²) in [4.78, 5) is 5.21. The Kier molecular flexibility index (Phi) is 30.5. The molecular formula is C96H99N3. The minimum atomic E-state index is -0.285. The number of benzene rings is 7. The van der Waals surface area contributed by atoms with Crippen LogP contribution in [0, 0.1) is 30.6 Å². The quantitative estimate of drug-likeness (QED) is 0.0360. The van der Waals surface area contributed by atoms with E-state index in [1.165, 1.54) is 11.1 Å². The maximum Gasteiger partial charge on any atom is 0.0778 e. The van der Waals surface area contributed by atoms with E-state index in [2.05, 4.69) is 385 Å². The maximum atomic E-state index is 6.10. The first kappa shape index (κ1) is 73.6. The molecule has 0 saturated carbocycles. The number of allylic oxidation sites excluding steroid dienone is 32. The van der Waals surface area contributed by atoms with Gasteiger partial charge in [-0.3, -0.25) is 0 Å². The highest BCUT2D eigenvalue weighted by molar-refractivity contribution is 6.01. The van der Waals surface area contributed by atoms with Crippen LogP contribution in [0.4, 0.5) is 17.1 Å². The Hall–Kier alpha value is -11.2. The van der Waals surface area contributed by atoms with Crippen molar-refractivity contribution in [1.82, 2.24) is 0 Å². The van der Waals surface area contributed by atoms with Gasteiger partial charge in [0, 0.05) is 33.7 Å². The average molecular weight is 1290 g/mol. The van der Waals surface area contributed by atoms with E-state index in [0.717, 1.165) is 134 Å². The maximum absolute atomic E-state index is 6.10. The van der Waals surface area contributed by atoms with Crippen LogP contribution in [0.25, 0.3) is 33.0 Å². The number of nitrogens with zero attached hydrogens (tertiary/aromatic N) is 2. The fourth-order valence-corrected chi connectivity index (χ4v) is 12.5. The molecule has 0 heterocycles. The van der Waals surface area contributed by atoms with Gasteiger partial charge in [0.1, 0.15) is 0 Å². The summed E-state index contributed by atoms with van der Waals surface area (Å²) in [5, 5.41) is 2.24. The molecule has 0 fully saturated rings. The highest BCUT2D eigenvalue weighted by Crippen LogP contribution is 2.50. The minimum Gasteiger partial charge on any atom is -0.405 e. The zero-order valence-electron chi connectivity index (χ0n) is 58.6. The Bertz CT molecular complexity index is 4330. The van der Waals surface area contributed by atoms with Crippen molar-refractivity contribution in [3.63, 3.8) is 0 Å². The van der Waals surface area contributed by atoms with Crippen molar-refractivity contribution in [2.75, 3.05) is 9.80 Å². The summed E-state index contributed by atoms with van der Waals surface area (Å²) < 4.78 is 0. The zero-order valence-corrected chi connectivity index (χ0v) is 58.6. The van der Waals surface area contributed by atoms with Crippen molar-refractivity contribution in [2.24, 2.45) is 23.5 Å². The zero-order chi connectivity index (χ0) is 69.7. The predicted molar refractivity (Wildman–Crippen MR) is 434 cm³/mol. The summed E-state index contributed by atoms with van der Waals surface area (Å²) in [7, 11) is 0. The van der Waals surface area contributed by atoms with E-state index in [0.29, 0.717) is 18.8 Å². The lowest BCUT2D eigenvalue weighted by Crippen LogP contribution is -2.33. The number of fused-ring (bicyclic) bond motifs is 1. The molecule has 2 aliphatic carbocycles.